The van der Waals surface area contributed by atoms with Gasteiger partial charge in [-0.3, -0.25) is 4.79 Å². The van der Waals surface area contributed by atoms with Gasteiger partial charge in [-0.2, -0.15) is 0 Å². The Kier molecular flexibility index (Phi) is 5.91. The van der Waals surface area contributed by atoms with Crippen molar-refractivity contribution in [3.05, 3.63) is 23.8 Å². The van der Waals surface area contributed by atoms with Crippen LogP contribution in [0.5, 0.6) is 11.5 Å². The maximum Gasteiger partial charge on any atom is 0.255 e. The lowest BCUT2D eigenvalue weighted by Crippen LogP contribution is -2.44. The third kappa shape index (κ3) is 3.47. The molecule has 1 aliphatic heterocycles. The number of rotatable bonds is 3. The van der Waals surface area contributed by atoms with E-state index in [0.717, 1.165) is 19.3 Å². The van der Waals surface area contributed by atoms with Gasteiger partial charge in [0.1, 0.15) is 13.2 Å². The molecule has 0 spiro atoms. The second-order valence-corrected chi connectivity index (χ2v) is 5.69. The van der Waals surface area contributed by atoms with E-state index in [1.54, 1.807) is 6.07 Å². The summed E-state index contributed by atoms with van der Waals surface area (Å²) in [5.74, 6) is 1.48. The Labute approximate surface area is 137 Å². The molecule has 3 N–H and O–H groups in total. The summed E-state index contributed by atoms with van der Waals surface area (Å²) < 4.78 is 11.1. The molecule has 2 unspecified atom stereocenters. The molecule has 0 aromatic heterocycles. The van der Waals surface area contributed by atoms with Gasteiger partial charge in [0.2, 0.25) is 0 Å². The number of carbonyl (C=O) groups is 1. The standard InChI is InChI=1S/C16H22N2O3.ClH/c17-10-11-4-1-2-6-13(11)18-16(19)12-5-3-7-14-15(12)21-9-8-20-14;/h3,5,7,11,13H,1-2,4,6,8-10,17H2,(H,18,19);1H. The topological polar surface area (TPSA) is 73.6 Å². The fraction of sp³-hybridized carbons (Fsp3) is 0.562. The number of nitrogens with one attached hydrogen (secondary N) is 1. The highest BCUT2D eigenvalue weighted by Crippen LogP contribution is 2.34. The first-order valence-corrected chi connectivity index (χ1v) is 7.69. The van der Waals surface area contributed by atoms with Gasteiger partial charge in [0, 0.05) is 6.04 Å². The highest BCUT2D eigenvalue weighted by molar-refractivity contribution is 5.98. The zero-order valence-electron chi connectivity index (χ0n) is 12.5. The lowest BCUT2D eigenvalue weighted by atomic mass is 9.84. The molecule has 1 heterocycles. The van der Waals surface area contributed by atoms with E-state index in [0.29, 0.717) is 42.7 Å². The molecule has 1 aliphatic carbocycles. The highest BCUT2D eigenvalue weighted by atomic mass is 35.5. The van der Waals surface area contributed by atoms with Crippen LogP contribution in [0, 0.1) is 5.92 Å². The number of benzene rings is 1. The van der Waals surface area contributed by atoms with Crippen LogP contribution in [0.25, 0.3) is 0 Å². The van der Waals surface area contributed by atoms with Gasteiger partial charge in [0.25, 0.3) is 5.91 Å². The minimum Gasteiger partial charge on any atom is -0.486 e. The molecule has 1 fully saturated rings. The fourth-order valence-electron chi connectivity index (χ4n) is 3.18. The molecule has 2 aliphatic rings. The molecular weight excluding hydrogens is 304 g/mol. The number of fused-ring (bicyclic) bond motifs is 1. The van der Waals surface area contributed by atoms with Crippen LogP contribution in [-0.4, -0.2) is 31.7 Å². The molecule has 22 heavy (non-hydrogen) atoms. The van der Waals surface area contributed by atoms with Crippen molar-refractivity contribution >= 4 is 18.3 Å². The fourth-order valence-corrected chi connectivity index (χ4v) is 3.18. The first-order chi connectivity index (χ1) is 10.3. The minimum atomic E-state index is -0.0947. The van der Waals surface area contributed by atoms with Crippen LogP contribution < -0.4 is 20.5 Å². The quantitative estimate of drug-likeness (QED) is 0.892. The molecule has 0 saturated heterocycles. The van der Waals surface area contributed by atoms with Crippen molar-refractivity contribution in [2.24, 2.45) is 11.7 Å². The Morgan fingerprint density at radius 3 is 2.82 bits per heavy atom. The molecule has 0 radical (unpaired) electrons. The Hall–Kier alpha value is -1.46. The summed E-state index contributed by atoms with van der Waals surface area (Å²) in [6.45, 7) is 1.62. The molecular formula is C16H23ClN2O3. The van der Waals surface area contributed by atoms with E-state index in [2.05, 4.69) is 5.32 Å². The average Bonchev–Trinajstić information content (AvgIpc) is 2.54. The Morgan fingerprint density at radius 1 is 1.23 bits per heavy atom. The van der Waals surface area contributed by atoms with E-state index in [9.17, 15) is 4.79 Å². The number of carbonyl (C=O) groups excluding carboxylic acids is 1. The zero-order valence-corrected chi connectivity index (χ0v) is 13.4. The van der Waals surface area contributed by atoms with E-state index in [1.165, 1.54) is 6.42 Å². The summed E-state index contributed by atoms with van der Waals surface area (Å²) in [5.41, 5.74) is 6.37. The number of hydrogen-bond acceptors (Lipinski definition) is 4. The van der Waals surface area contributed by atoms with Crippen molar-refractivity contribution in [1.29, 1.82) is 0 Å². The predicted molar refractivity (Wildman–Crippen MR) is 86.9 cm³/mol. The summed E-state index contributed by atoms with van der Waals surface area (Å²) >= 11 is 0. The SMILES string of the molecule is Cl.NCC1CCCCC1NC(=O)c1cccc2c1OCCO2. The van der Waals surface area contributed by atoms with Gasteiger partial charge in [0.05, 0.1) is 5.56 Å². The smallest absolute Gasteiger partial charge is 0.255 e. The van der Waals surface area contributed by atoms with Crippen LogP contribution in [-0.2, 0) is 0 Å². The lowest BCUT2D eigenvalue weighted by Gasteiger charge is -2.31. The van der Waals surface area contributed by atoms with Gasteiger partial charge in [-0.05, 0) is 37.4 Å². The van der Waals surface area contributed by atoms with E-state index < -0.39 is 0 Å². The van der Waals surface area contributed by atoms with Gasteiger partial charge in [0.15, 0.2) is 11.5 Å². The monoisotopic (exact) mass is 326 g/mol. The molecule has 122 valence electrons. The van der Waals surface area contributed by atoms with Crippen LogP contribution >= 0.6 is 12.4 Å². The van der Waals surface area contributed by atoms with Crippen molar-refractivity contribution in [3.63, 3.8) is 0 Å². The summed E-state index contributed by atoms with van der Waals surface area (Å²) in [7, 11) is 0. The average molecular weight is 327 g/mol. The maximum absolute atomic E-state index is 12.6. The first-order valence-electron chi connectivity index (χ1n) is 7.69. The Balaban J connectivity index is 0.00000176. The normalized spacial score (nSPS) is 23.3. The zero-order chi connectivity index (χ0) is 14.7. The molecule has 3 rings (SSSR count). The number of amides is 1. The van der Waals surface area contributed by atoms with E-state index >= 15 is 0 Å². The van der Waals surface area contributed by atoms with E-state index in [1.807, 2.05) is 12.1 Å². The number of halogens is 1. The Morgan fingerprint density at radius 2 is 2.00 bits per heavy atom. The van der Waals surface area contributed by atoms with E-state index in [4.69, 9.17) is 15.2 Å². The molecule has 6 heteroatoms. The number of para-hydroxylation sites is 1. The molecule has 5 nitrogen and oxygen atoms in total. The van der Waals surface area contributed by atoms with Crippen molar-refractivity contribution in [1.82, 2.24) is 5.32 Å². The second-order valence-electron chi connectivity index (χ2n) is 5.69. The van der Waals surface area contributed by atoms with Crippen LogP contribution in [0.1, 0.15) is 36.0 Å². The predicted octanol–water partition coefficient (Wildman–Crippen LogP) is 2.13. The number of ether oxygens (including phenoxy) is 2. The van der Waals surface area contributed by atoms with Gasteiger partial charge >= 0.3 is 0 Å². The van der Waals surface area contributed by atoms with Crippen LogP contribution in [0.3, 0.4) is 0 Å². The van der Waals surface area contributed by atoms with Crippen molar-refractivity contribution in [2.75, 3.05) is 19.8 Å². The van der Waals surface area contributed by atoms with Gasteiger partial charge in [-0.25, -0.2) is 0 Å². The van der Waals surface area contributed by atoms with Crippen LogP contribution in [0.4, 0.5) is 0 Å². The molecule has 1 amide bonds. The Bertz CT molecular complexity index is 524. The molecule has 2 atom stereocenters. The maximum atomic E-state index is 12.6. The highest BCUT2D eigenvalue weighted by Gasteiger charge is 2.27. The minimum absolute atomic E-state index is 0. The number of nitrogens with two attached hydrogens (primary N) is 1. The van der Waals surface area contributed by atoms with E-state index in [-0.39, 0.29) is 24.4 Å². The van der Waals surface area contributed by atoms with Gasteiger partial charge in [-0.1, -0.05) is 18.9 Å². The summed E-state index contributed by atoms with van der Waals surface area (Å²) in [6.07, 6.45) is 4.44. The van der Waals surface area contributed by atoms with Gasteiger partial charge in [-0.15, -0.1) is 12.4 Å². The third-order valence-corrected chi connectivity index (χ3v) is 4.34. The van der Waals surface area contributed by atoms with Gasteiger partial charge < -0.3 is 20.5 Å². The first kappa shape index (κ1) is 16.9. The lowest BCUT2D eigenvalue weighted by molar-refractivity contribution is 0.0897. The molecule has 1 aromatic carbocycles. The second kappa shape index (κ2) is 7.70. The summed E-state index contributed by atoms with van der Waals surface area (Å²) in [5, 5.41) is 3.13. The largest absolute Gasteiger partial charge is 0.486 e. The number of hydrogen-bond donors (Lipinski definition) is 2. The third-order valence-electron chi connectivity index (χ3n) is 4.34. The summed E-state index contributed by atoms with van der Waals surface area (Å²) in [6, 6.07) is 5.60. The summed E-state index contributed by atoms with van der Waals surface area (Å²) in [4.78, 5) is 12.6. The van der Waals surface area contributed by atoms with Crippen LogP contribution in [0.15, 0.2) is 18.2 Å². The van der Waals surface area contributed by atoms with Crippen molar-refractivity contribution < 1.29 is 14.3 Å². The van der Waals surface area contributed by atoms with Crippen molar-refractivity contribution in [2.45, 2.75) is 31.7 Å². The van der Waals surface area contributed by atoms with Crippen molar-refractivity contribution in [3.8, 4) is 11.5 Å². The molecule has 1 saturated carbocycles. The molecule has 0 bridgehead atoms. The molecule has 1 aromatic rings. The van der Waals surface area contributed by atoms with Crippen LogP contribution in [0.2, 0.25) is 0 Å².